The van der Waals surface area contributed by atoms with Crippen LogP contribution in [-0.4, -0.2) is 37.0 Å². The van der Waals surface area contributed by atoms with E-state index in [4.69, 9.17) is 0 Å². The number of hydrogen-bond donors (Lipinski definition) is 1. The van der Waals surface area contributed by atoms with Crippen molar-refractivity contribution in [3.05, 3.63) is 21.4 Å². The Morgan fingerprint density at radius 1 is 1.19 bits per heavy atom. The summed E-state index contributed by atoms with van der Waals surface area (Å²) in [5.41, 5.74) is 1.44. The van der Waals surface area contributed by atoms with Crippen molar-refractivity contribution >= 4 is 17.2 Å². The minimum absolute atomic E-state index is 0.236. The molecule has 1 aliphatic heterocycles. The van der Waals surface area contributed by atoms with E-state index < -0.39 is 0 Å². The van der Waals surface area contributed by atoms with Crippen molar-refractivity contribution in [2.75, 3.05) is 20.1 Å². The van der Waals surface area contributed by atoms with Crippen LogP contribution in [0.25, 0.3) is 0 Å². The molecule has 1 aliphatic carbocycles. The quantitative estimate of drug-likeness (QED) is 0.851. The Morgan fingerprint density at radius 3 is 2.95 bits per heavy atom. The zero-order valence-electron chi connectivity index (χ0n) is 13.0. The Balaban J connectivity index is 1.72. The average Bonchev–Trinajstić information content (AvgIpc) is 2.71. The lowest BCUT2D eigenvalue weighted by atomic mass is 10.1. The molecule has 1 saturated heterocycles. The van der Waals surface area contributed by atoms with Gasteiger partial charge in [-0.25, -0.2) is 0 Å². The molecule has 3 rings (SSSR count). The summed E-state index contributed by atoms with van der Waals surface area (Å²) in [4.78, 5) is 17.2. The lowest BCUT2D eigenvalue weighted by molar-refractivity contribution is 0.0725. The molecule has 4 heteroatoms. The summed E-state index contributed by atoms with van der Waals surface area (Å²) in [5.74, 6) is 0.236. The highest BCUT2D eigenvalue weighted by atomic mass is 32.1. The molecule has 0 bridgehead atoms. The maximum absolute atomic E-state index is 12.8. The van der Waals surface area contributed by atoms with Crippen molar-refractivity contribution < 1.29 is 4.79 Å². The molecular weight excluding hydrogens is 280 g/mol. The Hall–Kier alpha value is -0.870. The van der Waals surface area contributed by atoms with Gasteiger partial charge in [-0.3, -0.25) is 4.79 Å². The lowest BCUT2D eigenvalue weighted by Gasteiger charge is -2.26. The number of carbonyl (C=O) groups excluding carboxylic acids is 1. The van der Waals surface area contributed by atoms with Crippen molar-refractivity contribution in [3.8, 4) is 0 Å². The normalized spacial score (nSPS) is 23.0. The van der Waals surface area contributed by atoms with Crippen LogP contribution in [0.4, 0.5) is 0 Å². The van der Waals surface area contributed by atoms with Crippen molar-refractivity contribution in [2.24, 2.45) is 0 Å². The van der Waals surface area contributed by atoms with Gasteiger partial charge in [-0.15, -0.1) is 11.3 Å². The minimum atomic E-state index is 0.236. The first-order chi connectivity index (χ1) is 10.3. The molecule has 0 saturated carbocycles. The number of nitrogens with one attached hydrogen (secondary N) is 1. The second kappa shape index (κ2) is 6.93. The predicted octanol–water partition coefficient (Wildman–Crippen LogP) is 3.23. The fourth-order valence-electron chi connectivity index (χ4n) is 3.50. The van der Waals surface area contributed by atoms with Crippen LogP contribution in [0, 0.1) is 0 Å². The molecule has 0 radical (unpaired) electrons. The van der Waals surface area contributed by atoms with Gasteiger partial charge in [-0.2, -0.15) is 0 Å². The molecule has 116 valence electrons. The van der Waals surface area contributed by atoms with Crippen LogP contribution in [0.5, 0.6) is 0 Å². The molecule has 1 amide bonds. The number of aryl methyl sites for hydroxylation is 2. The zero-order chi connectivity index (χ0) is 14.7. The molecule has 1 N–H and O–H groups in total. The molecule has 1 fully saturated rings. The molecule has 1 aromatic rings. The van der Waals surface area contributed by atoms with Crippen molar-refractivity contribution in [1.82, 2.24) is 10.2 Å². The average molecular weight is 306 g/mol. The molecule has 1 atom stereocenters. The standard InChI is InChI=1S/C17H26N2OS/c1-19(14-7-5-10-18-11-9-14)17(20)16-12-13-6-3-2-4-8-15(13)21-16/h12,14,18H,2-11H2,1H3. The Kier molecular flexibility index (Phi) is 4.96. The van der Waals surface area contributed by atoms with Gasteiger partial charge in [-0.05, 0) is 69.7 Å². The topological polar surface area (TPSA) is 32.3 Å². The molecule has 1 aromatic heterocycles. The van der Waals surface area contributed by atoms with E-state index in [1.165, 1.54) is 42.5 Å². The summed E-state index contributed by atoms with van der Waals surface area (Å²) in [6.07, 6.45) is 9.60. The Bertz CT molecular complexity index is 465. The van der Waals surface area contributed by atoms with Crippen LogP contribution < -0.4 is 5.32 Å². The largest absolute Gasteiger partial charge is 0.338 e. The fourth-order valence-corrected chi connectivity index (χ4v) is 4.74. The number of fused-ring (bicyclic) bond motifs is 1. The van der Waals surface area contributed by atoms with Gasteiger partial charge >= 0.3 is 0 Å². The molecule has 0 aromatic carbocycles. The second-order valence-electron chi connectivity index (χ2n) is 6.37. The van der Waals surface area contributed by atoms with Gasteiger partial charge < -0.3 is 10.2 Å². The van der Waals surface area contributed by atoms with Gasteiger partial charge in [0.05, 0.1) is 4.88 Å². The van der Waals surface area contributed by atoms with E-state index >= 15 is 0 Å². The van der Waals surface area contributed by atoms with Crippen LogP contribution in [-0.2, 0) is 12.8 Å². The molecule has 2 aliphatic rings. The van der Waals surface area contributed by atoms with E-state index in [0.717, 1.165) is 37.2 Å². The first-order valence-electron chi connectivity index (χ1n) is 8.35. The molecule has 3 nitrogen and oxygen atoms in total. The van der Waals surface area contributed by atoms with E-state index in [0.29, 0.717) is 6.04 Å². The van der Waals surface area contributed by atoms with E-state index in [1.807, 2.05) is 11.9 Å². The van der Waals surface area contributed by atoms with Gasteiger partial charge in [-0.1, -0.05) is 6.42 Å². The van der Waals surface area contributed by atoms with Crippen LogP contribution in [0.3, 0.4) is 0 Å². The van der Waals surface area contributed by atoms with Gasteiger partial charge in [0.25, 0.3) is 5.91 Å². The number of hydrogen-bond acceptors (Lipinski definition) is 3. The van der Waals surface area contributed by atoms with Crippen LogP contribution in [0.1, 0.15) is 58.6 Å². The van der Waals surface area contributed by atoms with Crippen molar-refractivity contribution in [3.63, 3.8) is 0 Å². The van der Waals surface area contributed by atoms with E-state index in [9.17, 15) is 4.79 Å². The summed E-state index contributed by atoms with van der Waals surface area (Å²) >= 11 is 1.75. The molecule has 21 heavy (non-hydrogen) atoms. The SMILES string of the molecule is CN(C(=O)c1cc2c(s1)CCCCC2)C1CCCNCC1. The Labute approximate surface area is 131 Å². The molecule has 2 heterocycles. The number of rotatable bonds is 2. The second-order valence-corrected chi connectivity index (χ2v) is 7.51. The van der Waals surface area contributed by atoms with Crippen LogP contribution in [0.15, 0.2) is 6.07 Å². The first-order valence-corrected chi connectivity index (χ1v) is 9.17. The minimum Gasteiger partial charge on any atom is -0.338 e. The maximum Gasteiger partial charge on any atom is 0.263 e. The third-order valence-corrected chi connectivity index (χ3v) is 6.10. The predicted molar refractivity (Wildman–Crippen MR) is 88.2 cm³/mol. The molecule has 1 unspecified atom stereocenters. The Morgan fingerprint density at radius 2 is 2.05 bits per heavy atom. The number of carbonyl (C=O) groups is 1. The number of amides is 1. The number of thiophene rings is 1. The summed E-state index contributed by atoms with van der Waals surface area (Å²) in [7, 11) is 1.99. The van der Waals surface area contributed by atoms with E-state index in [-0.39, 0.29) is 5.91 Å². The van der Waals surface area contributed by atoms with Crippen molar-refractivity contribution in [1.29, 1.82) is 0 Å². The van der Waals surface area contributed by atoms with Crippen LogP contribution in [0.2, 0.25) is 0 Å². The summed E-state index contributed by atoms with van der Waals surface area (Å²) in [5, 5.41) is 3.42. The third kappa shape index (κ3) is 3.49. The first kappa shape index (κ1) is 15.0. The van der Waals surface area contributed by atoms with E-state index in [1.54, 1.807) is 11.3 Å². The van der Waals surface area contributed by atoms with Crippen molar-refractivity contribution in [2.45, 2.75) is 57.4 Å². The van der Waals surface area contributed by atoms with Crippen LogP contribution >= 0.6 is 11.3 Å². The van der Waals surface area contributed by atoms with E-state index in [2.05, 4.69) is 11.4 Å². The zero-order valence-corrected chi connectivity index (χ0v) is 13.8. The fraction of sp³-hybridized carbons (Fsp3) is 0.706. The highest BCUT2D eigenvalue weighted by molar-refractivity contribution is 7.14. The monoisotopic (exact) mass is 306 g/mol. The van der Waals surface area contributed by atoms with Gasteiger partial charge in [0.1, 0.15) is 0 Å². The third-order valence-electron chi connectivity index (χ3n) is 4.87. The summed E-state index contributed by atoms with van der Waals surface area (Å²) < 4.78 is 0. The lowest BCUT2D eigenvalue weighted by Crippen LogP contribution is -2.37. The highest BCUT2D eigenvalue weighted by Gasteiger charge is 2.24. The number of nitrogens with zero attached hydrogens (tertiary/aromatic N) is 1. The smallest absolute Gasteiger partial charge is 0.263 e. The van der Waals surface area contributed by atoms with Gasteiger partial charge in [0.2, 0.25) is 0 Å². The van der Waals surface area contributed by atoms with Gasteiger partial charge in [0, 0.05) is 18.0 Å². The molecule has 0 spiro atoms. The summed E-state index contributed by atoms with van der Waals surface area (Å²) in [6.45, 7) is 2.12. The highest BCUT2D eigenvalue weighted by Crippen LogP contribution is 2.30. The summed E-state index contributed by atoms with van der Waals surface area (Å²) in [6, 6.07) is 2.58. The maximum atomic E-state index is 12.8. The molecular formula is C17H26N2OS. The van der Waals surface area contributed by atoms with Gasteiger partial charge in [0.15, 0.2) is 0 Å².